The zero-order chi connectivity index (χ0) is 16.7. The van der Waals surface area contributed by atoms with E-state index in [4.69, 9.17) is 9.47 Å². The number of ether oxygens (including phenoxy) is 2. The monoisotopic (exact) mass is 314 g/mol. The minimum atomic E-state index is 0.00623. The van der Waals surface area contributed by atoms with Crippen molar-refractivity contribution in [2.75, 3.05) is 33.1 Å². The molecule has 0 atom stereocenters. The van der Waals surface area contributed by atoms with Crippen LogP contribution in [-0.2, 0) is 11.3 Å². The maximum Gasteiger partial charge on any atom is 0.241 e. The van der Waals surface area contributed by atoms with E-state index in [0.717, 1.165) is 11.3 Å². The van der Waals surface area contributed by atoms with Crippen LogP contribution in [-0.4, -0.2) is 38.6 Å². The van der Waals surface area contributed by atoms with Crippen LogP contribution in [0, 0.1) is 0 Å². The second-order valence-corrected chi connectivity index (χ2v) is 5.16. The maximum atomic E-state index is 12.2. The molecule has 1 amide bonds. The van der Waals surface area contributed by atoms with Crippen LogP contribution in [0.3, 0.4) is 0 Å². The van der Waals surface area contributed by atoms with Gasteiger partial charge >= 0.3 is 0 Å². The van der Waals surface area contributed by atoms with E-state index in [0.29, 0.717) is 18.0 Å². The van der Waals surface area contributed by atoms with Crippen molar-refractivity contribution >= 4 is 11.6 Å². The van der Waals surface area contributed by atoms with Gasteiger partial charge in [-0.3, -0.25) is 4.79 Å². The summed E-state index contributed by atoms with van der Waals surface area (Å²) < 4.78 is 10.5. The number of rotatable bonds is 7. The Morgan fingerprint density at radius 3 is 2.48 bits per heavy atom. The molecule has 0 aliphatic rings. The van der Waals surface area contributed by atoms with E-state index in [1.807, 2.05) is 42.5 Å². The number of benzene rings is 2. The summed E-state index contributed by atoms with van der Waals surface area (Å²) in [6.07, 6.45) is 0. The lowest BCUT2D eigenvalue weighted by Gasteiger charge is -2.19. The van der Waals surface area contributed by atoms with Crippen LogP contribution >= 0.6 is 0 Å². The Balaban J connectivity index is 1.93. The topological polar surface area (TPSA) is 50.8 Å². The van der Waals surface area contributed by atoms with Crippen LogP contribution < -0.4 is 14.8 Å². The average molecular weight is 314 g/mol. The summed E-state index contributed by atoms with van der Waals surface area (Å²) in [5.41, 5.74) is 1.86. The van der Waals surface area contributed by atoms with Crippen molar-refractivity contribution in [2.45, 2.75) is 6.54 Å². The summed E-state index contributed by atoms with van der Waals surface area (Å²) in [4.78, 5) is 13.9. The number of amides is 1. The van der Waals surface area contributed by atoms with Crippen molar-refractivity contribution < 1.29 is 14.3 Å². The van der Waals surface area contributed by atoms with Gasteiger partial charge in [-0.25, -0.2) is 0 Å². The molecule has 5 heteroatoms. The molecule has 2 aromatic carbocycles. The third-order valence-corrected chi connectivity index (χ3v) is 3.53. The molecule has 0 saturated heterocycles. The van der Waals surface area contributed by atoms with Gasteiger partial charge in [0, 0.05) is 19.7 Å². The van der Waals surface area contributed by atoms with Gasteiger partial charge in [0.1, 0.15) is 11.5 Å². The van der Waals surface area contributed by atoms with Crippen molar-refractivity contribution in [1.82, 2.24) is 4.90 Å². The smallest absolute Gasteiger partial charge is 0.241 e. The molecular weight excluding hydrogens is 292 g/mol. The first-order chi connectivity index (χ1) is 11.1. The van der Waals surface area contributed by atoms with Crippen LogP contribution in [0.4, 0.5) is 5.69 Å². The van der Waals surface area contributed by atoms with Crippen molar-refractivity contribution in [1.29, 1.82) is 0 Å². The Morgan fingerprint density at radius 2 is 1.83 bits per heavy atom. The second-order valence-electron chi connectivity index (χ2n) is 5.16. The zero-order valence-corrected chi connectivity index (χ0v) is 13.7. The highest BCUT2D eigenvalue weighted by Gasteiger charge is 2.11. The van der Waals surface area contributed by atoms with E-state index in [1.54, 1.807) is 32.2 Å². The minimum absolute atomic E-state index is 0.00623. The molecule has 0 bridgehead atoms. The van der Waals surface area contributed by atoms with Gasteiger partial charge in [-0.2, -0.15) is 0 Å². The fraction of sp³-hybridized carbons (Fsp3) is 0.278. The number of anilines is 1. The van der Waals surface area contributed by atoms with Gasteiger partial charge in [0.15, 0.2) is 0 Å². The largest absolute Gasteiger partial charge is 0.497 e. The van der Waals surface area contributed by atoms with E-state index in [2.05, 4.69) is 5.32 Å². The summed E-state index contributed by atoms with van der Waals surface area (Å²) >= 11 is 0. The SMILES string of the molecule is COc1ccc(NCC(=O)N(C)Cc2ccccc2)c(OC)c1. The van der Waals surface area contributed by atoms with Gasteiger partial charge in [0.25, 0.3) is 0 Å². The van der Waals surface area contributed by atoms with Crippen LogP contribution in [0.2, 0.25) is 0 Å². The van der Waals surface area contributed by atoms with Crippen LogP contribution in [0.15, 0.2) is 48.5 Å². The molecule has 0 radical (unpaired) electrons. The molecule has 5 nitrogen and oxygen atoms in total. The number of nitrogens with zero attached hydrogens (tertiary/aromatic N) is 1. The molecule has 2 rings (SSSR count). The Bertz CT molecular complexity index is 644. The van der Waals surface area contributed by atoms with Crippen molar-refractivity contribution in [2.24, 2.45) is 0 Å². The van der Waals surface area contributed by atoms with Gasteiger partial charge in [0.05, 0.1) is 26.5 Å². The van der Waals surface area contributed by atoms with Crippen molar-refractivity contribution in [3.63, 3.8) is 0 Å². The number of nitrogens with one attached hydrogen (secondary N) is 1. The van der Waals surface area contributed by atoms with Gasteiger partial charge in [-0.15, -0.1) is 0 Å². The first-order valence-corrected chi connectivity index (χ1v) is 7.38. The number of hydrogen-bond acceptors (Lipinski definition) is 4. The second kappa shape index (κ2) is 8.08. The number of hydrogen-bond donors (Lipinski definition) is 1. The summed E-state index contributed by atoms with van der Waals surface area (Å²) in [5.74, 6) is 1.36. The standard InChI is InChI=1S/C18H22N2O3/c1-20(13-14-7-5-4-6-8-14)18(21)12-19-16-10-9-15(22-2)11-17(16)23-3/h4-11,19H,12-13H2,1-3H3. The number of carbonyl (C=O) groups is 1. The molecule has 0 unspecified atom stereocenters. The number of carbonyl (C=O) groups excluding carboxylic acids is 1. The molecule has 2 aromatic rings. The average Bonchev–Trinajstić information content (AvgIpc) is 2.60. The molecule has 23 heavy (non-hydrogen) atoms. The summed E-state index contributed by atoms with van der Waals surface area (Å²) in [6, 6.07) is 15.3. The van der Waals surface area contributed by atoms with Gasteiger partial charge in [0.2, 0.25) is 5.91 Å². The Hall–Kier alpha value is -2.69. The molecule has 0 aliphatic heterocycles. The fourth-order valence-electron chi connectivity index (χ4n) is 2.20. The van der Waals surface area contributed by atoms with E-state index >= 15 is 0 Å². The van der Waals surface area contributed by atoms with Crippen LogP contribution in [0.25, 0.3) is 0 Å². The molecule has 0 aromatic heterocycles. The molecule has 0 aliphatic carbocycles. The zero-order valence-electron chi connectivity index (χ0n) is 13.7. The minimum Gasteiger partial charge on any atom is -0.497 e. The van der Waals surface area contributed by atoms with Gasteiger partial charge < -0.3 is 19.7 Å². The molecule has 0 saturated carbocycles. The highest BCUT2D eigenvalue weighted by molar-refractivity contribution is 5.81. The van der Waals surface area contributed by atoms with Crippen LogP contribution in [0.1, 0.15) is 5.56 Å². The highest BCUT2D eigenvalue weighted by atomic mass is 16.5. The lowest BCUT2D eigenvalue weighted by molar-refractivity contribution is -0.128. The Labute approximate surface area is 136 Å². The predicted molar refractivity (Wildman–Crippen MR) is 91.0 cm³/mol. The molecule has 0 heterocycles. The lowest BCUT2D eigenvalue weighted by atomic mass is 10.2. The van der Waals surface area contributed by atoms with E-state index in [9.17, 15) is 4.79 Å². The molecular formula is C18H22N2O3. The first kappa shape index (κ1) is 16.7. The normalized spacial score (nSPS) is 10.0. The molecule has 0 fully saturated rings. The van der Waals surface area contributed by atoms with Crippen molar-refractivity contribution in [3.05, 3.63) is 54.1 Å². The molecule has 1 N–H and O–H groups in total. The Morgan fingerprint density at radius 1 is 1.09 bits per heavy atom. The predicted octanol–water partition coefficient (Wildman–Crippen LogP) is 2.77. The fourth-order valence-corrected chi connectivity index (χ4v) is 2.20. The van der Waals surface area contributed by atoms with Gasteiger partial charge in [-0.1, -0.05) is 30.3 Å². The Kier molecular flexibility index (Phi) is 5.86. The van der Waals surface area contributed by atoms with Gasteiger partial charge in [-0.05, 0) is 17.7 Å². The van der Waals surface area contributed by atoms with Crippen molar-refractivity contribution in [3.8, 4) is 11.5 Å². The summed E-state index contributed by atoms with van der Waals surface area (Å²) in [6.45, 7) is 0.785. The third-order valence-electron chi connectivity index (χ3n) is 3.53. The summed E-state index contributed by atoms with van der Waals surface area (Å²) in [5, 5.41) is 3.11. The number of methoxy groups -OCH3 is 2. The molecule has 122 valence electrons. The molecule has 0 spiro atoms. The third kappa shape index (κ3) is 4.64. The summed E-state index contributed by atoms with van der Waals surface area (Å²) in [7, 11) is 4.98. The number of likely N-dealkylation sites (N-methyl/N-ethyl adjacent to an activating group) is 1. The van der Waals surface area contributed by atoms with E-state index in [1.165, 1.54) is 0 Å². The lowest BCUT2D eigenvalue weighted by Crippen LogP contribution is -2.31. The van der Waals surface area contributed by atoms with Crippen LogP contribution in [0.5, 0.6) is 11.5 Å². The van der Waals surface area contributed by atoms with E-state index in [-0.39, 0.29) is 12.5 Å². The van der Waals surface area contributed by atoms with E-state index < -0.39 is 0 Å². The quantitative estimate of drug-likeness (QED) is 0.854. The maximum absolute atomic E-state index is 12.2. The highest BCUT2D eigenvalue weighted by Crippen LogP contribution is 2.28. The first-order valence-electron chi connectivity index (χ1n) is 7.38.